The van der Waals surface area contributed by atoms with Crippen molar-refractivity contribution in [1.82, 2.24) is 9.88 Å². The highest BCUT2D eigenvalue weighted by atomic mass is 16.6. The van der Waals surface area contributed by atoms with Crippen LogP contribution in [0.2, 0.25) is 0 Å². The third-order valence-corrected chi connectivity index (χ3v) is 4.61. The van der Waals surface area contributed by atoms with Crippen LogP contribution < -0.4 is 10.1 Å². The van der Waals surface area contributed by atoms with Gasteiger partial charge in [-0.2, -0.15) is 0 Å². The maximum atomic E-state index is 12.6. The van der Waals surface area contributed by atoms with Gasteiger partial charge in [-0.3, -0.25) is 9.78 Å². The molecule has 2 heterocycles. The Bertz CT molecular complexity index is 789. The summed E-state index contributed by atoms with van der Waals surface area (Å²) < 4.78 is 10.8. The molecule has 0 radical (unpaired) electrons. The summed E-state index contributed by atoms with van der Waals surface area (Å²) in [6, 6.07) is 13.0. The first-order valence-corrected chi connectivity index (χ1v) is 9.51. The number of carbonyl (C=O) groups is 2. The number of aromatic nitrogens is 1. The highest BCUT2D eigenvalue weighted by Gasteiger charge is 2.28. The predicted octanol–water partition coefficient (Wildman–Crippen LogP) is 3.47. The van der Waals surface area contributed by atoms with E-state index in [0.29, 0.717) is 50.6 Å². The van der Waals surface area contributed by atoms with Crippen molar-refractivity contribution in [2.75, 3.05) is 25.0 Å². The number of likely N-dealkylation sites (tertiary alicyclic amines) is 1. The monoisotopic (exact) mass is 383 g/mol. The van der Waals surface area contributed by atoms with Crippen LogP contribution in [0, 0.1) is 5.92 Å². The lowest BCUT2D eigenvalue weighted by Gasteiger charge is -2.30. The minimum absolute atomic E-state index is 0.0367. The fourth-order valence-electron chi connectivity index (χ4n) is 3.09. The van der Waals surface area contributed by atoms with E-state index in [-0.39, 0.29) is 17.9 Å². The van der Waals surface area contributed by atoms with Gasteiger partial charge in [-0.1, -0.05) is 12.1 Å². The van der Waals surface area contributed by atoms with Crippen LogP contribution >= 0.6 is 0 Å². The van der Waals surface area contributed by atoms with Crippen LogP contribution in [0.15, 0.2) is 48.7 Å². The summed E-state index contributed by atoms with van der Waals surface area (Å²) in [4.78, 5) is 30.2. The molecule has 1 aliphatic heterocycles. The van der Waals surface area contributed by atoms with Crippen LogP contribution in [0.4, 0.5) is 10.5 Å². The van der Waals surface area contributed by atoms with Gasteiger partial charge in [0, 0.05) is 37.0 Å². The Balaban J connectivity index is 1.50. The molecular weight excluding hydrogens is 358 g/mol. The van der Waals surface area contributed by atoms with Gasteiger partial charge in [0.15, 0.2) is 0 Å². The molecule has 2 aromatic rings. The van der Waals surface area contributed by atoms with Gasteiger partial charge in [0.1, 0.15) is 12.4 Å². The van der Waals surface area contributed by atoms with Crippen LogP contribution in [0.3, 0.4) is 0 Å². The van der Waals surface area contributed by atoms with Crippen molar-refractivity contribution in [3.63, 3.8) is 0 Å². The number of carbonyl (C=O) groups excluding carboxylic acids is 2. The van der Waals surface area contributed by atoms with Gasteiger partial charge in [-0.15, -0.1) is 0 Å². The fourth-order valence-corrected chi connectivity index (χ4v) is 3.09. The molecule has 1 N–H and O–H groups in total. The number of hydrogen-bond acceptors (Lipinski definition) is 5. The van der Waals surface area contributed by atoms with Crippen molar-refractivity contribution in [2.24, 2.45) is 5.92 Å². The van der Waals surface area contributed by atoms with Gasteiger partial charge in [-0.25, -0.2) is 4.79 Å². The molecule has 7 heteroatoms. The minimum Gasteiger partial charge on any atom is -0.487 e. The topological polar surface area (TPSA) is 80.8 Å². The molecule has 0 bridgehead atoms. The number of benzene rings is 1. The Kier molecular flexibility index (Phi) is 6.84. The summed E-state index contributed by atoms with van der Waals surface area (Å²) >= 11 is 0. The second kappa shape index (κ2) is 9.73. The molecule has 0 unspecified atom stereocenters. The molecule has 148 valence electrons. The lowest BCUT2D eigenvalue weighted by Crippen LogP contribution is -2.41. The van der Waals surface area contributed by atoms with Gasteiger partial charge in [0.2, 0.25) is 5.91 Å². The first-order valence-electron chi connectivity index (χ1n) is 9.51. The largest absolute Gasteiger partial charge is 0.487 e. The summed E-state index contributed by atoms with van der Waals surface area (Å²) in [5, 5.41) is 2.95. The lowest BCUT2D eigenvalue weighted by molar-refractivity contribution is -0.121. The van der Waals surface area contributed by atoms with Crippen molar-refractivity contribution < 1.29 is 19.1 Å². The molecule has 0 saturated carbocycles. The Hall–Kier alpha value is -3.09. The molecule has 0 aliphatic carbocycles. The maximum absolute atomic E-state index is 12.6. The number of anilines is 1. The van der Waals surface area contributed by atoms with Crippen LogP contribution in [0.25, 0.3) is 0 Å². The number of piperidine rings is 1. The molecular formula is C21H25N3O4. The van der Waals surface area contributed by atoms with Crippen molar-refractivity contribution in [3.05, 3.63) is 54.4 Å². The number of rotatable bonds is 6. The normalized spacial score (nSPS) is 14.4. The summed E-state index contributed by atoms with van der Waals surface area (Å²) in [7, 11) is 0. The Labute approximate surface area is 164 Å². The van der Waals surface area contributed by atoms with E-state index in [4.69, 9.17) is 9.47 Å². The third kappa shape index (κ3) is 5.45. The van der Waals surface area contributed by atoms with Crippen LogP contribution in [-0.4, -0.2) is 41.6 Å². The van der Waals surface area contributed by atoms with E-state index in [1.807, 2.05) is 36.4 Å². The Morgan fingerprint density at radius 1 is 1.18 bits per heavy atom. The molecule has 1 saturated heterocycles. The second-order valence-corrected chi connectivity index (χ2v) is 6.59. The maximum Gasteiger partial charge on any atom is 0.409 e. The zero-order valence-electron chi connectivity index (χ0n) is 16.0. The number of nitrogens with one attached hydrogen (secondary N) is 1. The van der Waals surface area contributed by atoms with E-state index in [1.165, 1.54) is 0 Å². The molecule has 28 heavy (non-hydrogen) atoms. The summed E-state index contributed by atoms with van der Waals surface area (Å²) in [6.45, 7) is 3.57. The van der Waals surface area contributed by atoms with Gasteiger partial charge < -0.3 is 19.7 Å². The second-order valence-electron chi connectivity index (χ2n) is 6.59. The molecule has 1 aliphatic rings. The highest BCUT2D eigenvalue weighted by Crippen LogP contribution is 2.22. The van der Waals surface area contributed by atoms with Gasteiger partial charge >= 0.3 is 6.09 Å². The highest BCUT2D eigenvalue weighted by molar-refractivity contribution is 5.92. The first-order chi connectivity index (χ1) is 13.7. The molecule has 0 atom stereocenters. The number of pyridine rings is 1. The number of ether oxygens (including phenoxy) is 2. The number of amides is 2. The first kappa shape index (κ1) is 19.7. The molecule has 1 aromatic carbocycles. The van der Waals surface area contributed by atoms with Crippen molar-refractivity contribution >= 4 is 17.7 Å². The number of hydrogen-bond donors (Lipinski definition) is 1. The van der Waals surface area contributed by atoms with Gasteiger partial charge in [-0.05, 0) is 44.0 Å². The van der Waals surface area contributed by atoms with Crippen LogP contribution in [-0.2, 0) is 16.1 Å². The lowest BCUT2D eigenvalue weighted by atomic mass is 9.96. The predicted molar refractivity (Wildman–Crippen MR) is 105 cm³/mol. The van der Waals surface area contributed by atoms with E-state index in [2.05, 4.69) is 10.3 Å². The number of nitrogens with zero attached hydrogens (tertiary/aromatic N) is 2. The molecule has 7 nitrogen and oxygen atoms in total. The zero-order chi connectivity index (χ0) is 19.8. The van der Waals surface area contributed by atoms with Crippen molar-refractivity contribution in [1.29, 1.82) is 0 Å². The summed E-state index contributed by atoms with van der Waals surface area (Å²) in [5.41, 5.74) is 1.53. The smallest absolute Gasteiger partial charge is 0.409 e. The minimum atomic E-state index is -0.306. The zero-order valence-corrected chi connectivity index (χ0v) is 16.0. The molecule has 0 spiro atoms. The van der Waals surface area contributed by atoms with Gasteiger partial charge in [0.25, 0.3) is 0 Å². The van der Waals surface area contributed by atoms with Crippen LogP contribution in [0.5, 0.6) is 5.75 Å². The molecule has 1 fully saturated rings. The average molecular weight is 383 g/mol. The fraction of sp³-hybridized carbons (Fsp3) is 0.381. The Morgan fingerprint density at radius 3 is 2.71 bits per heavy atom. The van der Waals surface area contributed by atoms with E-state index in [1.54, 1.807) is 24.1 Å². The quantitative estimate of drug-likeness (QED) is 0.826. The van der Waals surface area contributed by atoms with Gasteiger partial charge in [0.05, 0.1) is 12.3 Å². The SMILES string of the molecule is CCOC(=O)N1CCC(C(=O)Nc2cccc(OCc3ccccn3)c2)CC1. The third-order valence-electron chi connectivity index (χ3n) is 4.61. The molecule has 3 rings (SSSR count). The Morgan fingerprint density at radius 2 is 2.00 bits per heavy atom. The average Bonchev–Trinajstić information content (AvgIpc) is 2.73. The van der Waals surface area contributed by atoms with E-state index in [9.17, 15) is 9.59 Å². The van der Waals surface area contributed by atoms with Crippen molar-refractivity contribution in [3.8, 4) is 5.75 Å². The van der Waals surface area contributed by atoms with E-state index < -0.39 is 0 Å². The molecule has 2 amide bonds. The molecule has 1 aromatic heterocycles. The van der Waals surface area contributed by atoms with Crippen LogP contribution in [0.1, 0.15) is 25.5 Å². The van der Waals surface area contributed by atoms with E-state index in [0.717, 1.165) is 5.69 Å². The summed E-state index contributed by atoms with van der Waals surface area (Å²) in [6.07, 6.45) is 2.67. The van der Waals surface area contributed by atoms with Crippen molar-refractivity contribution in [2.45, 2.75) is 26.4 Å². The summed E-state index contributed by atoms with van der Waals surface area (Å²) in [5.74, 6) is 0.509. The van der Waals surface area contributed by atoms with E-state index >= 15 is 0 Å². The standard InChI is InChI=1S/C21H25N3O4/c1-2-27-21(26)24-12-9-16(10-13-24)20(25)23-17-7-5-8-19(14-17)28-15-18-6-3-4-11-22-18/h3-8,11,14,16H,2,9-10,12-13,15H2,1H3,(H,23,25).